The van der Waals surface area contributed by atoms with Crippen molar-refractivity contribution < 1.29 is 23.5 Å². The monoisotopic (exact) mass is 435 g/mol. The Kier molecular flexibility index (Phi) is 7.32. The highest BCUT2D eigenvalue weighted by molar-refractivity contribution is 5.90. The first-order chi connectivity index (χ1) is 14.8. The largest absolute Gasteiger partial charge is 0.442 e. The number of hydrogen-bond acceptors (Lipinski definition) is 6. The van der Waals surface area contributed by atoms with Crippen molar-refractivity contribution >= 4 is 29.3 Å². The first kappa shape index (κ1) is 22.8. The SMILES string of the molecule is CCN(CCN1CCCC(=O)N1C)c1ccc(N2C[C@H](CNC(C)=O)OC2=O)cc1F. The van der Waals surface area contributed by atoms with E-state index in [1.165, 1.54) is 17.9 Å². The summed E-state index contributed by atoms with van der Waals surface area (Å²) in [5.41, 5.74) is 0.855. The molecular weight excluding hydrogens is 405 g/mol. The van der Waals surface area contributed by atoms with Gasteiger partial charge in [0, 0.05) is 46.6 Å². The van der Waals surface area contributed by atoms with Crippen molar-refractivity contribution in [3.63, 3.8) is 0 Å². The van der Waals surface area contributed by atoms with Gasteiger partial charge in [-0.15, -0.1) is 0 Å². The summed E-state index contributed by atoms with van der Waals surface area (Å²) in [5, 5.41) is 6.25. The van der Waals surface area contributed by atoms with Crippen molar-refractivity contribution in [3.05, 3.63) is 24.0 Å². The Morgan fingerprint density at radius 2 is 2.13 bits per heavy atom. The number of nitrogens with zero attached hydrogens (tertiary/aromatic N) is 4. The van der Waals surface area contributed by atoms with Crippen LogP contribution in [-0.2, 0) is 14.3 Å². The molecular formula is C21H30FN5O4. The van der Waals surface area contributed by atoms with Gasteiger partial charge < -0.3 is 15.0 Å². The summed E-state index contributed by atoms with van der Waals surface area (Å²) < 4.78 is 20.2. The van der Waals surface area contributed by atoms with Crippen LogP contribution in [0.25, 0.3) is 0 Å². The van der Waals surface area contributed by atoms with E-state index in [9.17, 15) is 18.8 Å². The number of anilines is 2. The van der Waals surface area contributed by atoms with E-state index in [1.54, 1.807) is 24.2 Å². The Morgan fingerprint density at radius 1 is 1.35 bits per heavy atom. The van der Waals surface area contributed by atoms with Gasteiger partial charge in [0.25, 0.3) is 0 Å². The van der Waals surface area contributed by atoms with E-state index in [0.717, 1.165) is 13.0 Å². The van der Waals surface area contributed by atoms with Crippen molar-refractivity contribution in [1.29, 1.82) is 0 Å². The third kappa shape index (κ3) is 5.43. The van der Waals surface area contributed by atoms with Crippen molar-refractivity contribution in [2.75, 3.05) is 56.1 Å². The maximum absolute atomic E-state index is 15.0. The molecule has 0 saturated carbocycles. The van der Waals surface area contributed by atoms with Crippen LogP contribution < -0.4 is 15.1 Å². The zero-order valence-electron chi connectivity index (χ0n) is 18.3. The maximum Gasteiger partial charge on any atom is 0.414 e. The summed E-state index contributed by atoms with van der Waals surface area (Å²) in [6, 6.07) is 4.68. The molecule has 2 fully saturated rings. The fraction of sp³-hybridized carbons (Fsp3) is 0.571. The molecule has 3 amide bonds. The molecule has 1 aromatic carbocycles. The molecule has 3 rings (SSSR count). The number of carbonyl (C=O) groups is 3. The number of halogens is 1. The predicted octanol–water partition coefficient (Wildman–Crippen LogP) is 1.58. The Hall–Kier alpha value is -2.88. The van der Waals surface area contributed by atoms with Gasteiger partial charge in [0.15, 0.2) is 0 Å². The van der Waals surface area contributed by atoms with E-state index in [4.69, 9.17) is 4.74 Å². The summed E-state index contributed by atoms with van der Waals surface area (Å²) in [6.45, 7) is 6.38. The molecule has 1 aromatic rings. The lowest BCUT2D eigenvalue weighted by molar-refractivity contribution is -0.151. The van der Waals surface area contributed by atoms with Crippen LogP contribution in [0.5, 0.6) is 0 Å². The van der Waals surface area contributed by atoms with Gasteiger partial charge in [-0.25, -0.2) is 14.2 Å². The van der Waals surface area contributed by atoms with E-state index in [0.29, 0.717) is 37.4 Å². The number of rotatable bonds is 8. The zero-order valence-corrected chi connectivity index (χ0v) is 18.3. The molecule has 0 unspecified atom stereocenters. The Labute approximate surface area is 181 Å². The number of carbonyl (C=O) groups excluding carboxylic acids is 3. The molecule has 2 aliphatic heterocycles. The second kappa shape index (κ2) is 9.95. The Morgan fingerprint density at radius 3 is 2.81 bits per heavy atom. The molecule has 0 aromatic heterocycles. The number of hydrogen-bond donors (Lipinski definition) is 1. The third-order valence-corrected chi connectivity index (χ3v) is 5.64. The summed E-state index contributed by atoms with van der Waals surface area (Å²) in [5.74, 6) is -0.538. The fourth-order valence-electron chi connectivity index (χ4n) is 3.85. The quantitative estimate of drug-likeness (QED) is 0.668. The molecule has 0 aliphatic carbocycles. The van der Waals surface area contributed by atoms with Crippen LogP contribution in [-0.4, -0.2) is 80.3 Å². The zero-order chi connectivity index (χ0) is 22.5. The molecule has 1 atom stereocenters. The number of amides is 3. The molecule has 2 heterocycles. The molecule has 170 valence electrons. The van der Waals surface area contributed by atoms with Crippen molar-refractivity contribution in [3.8, 4) is 0 Å². The normalized spacial score (nSPS) is 19.5. The average molecular weight is 436 g/mol. The van der Waals surface area contributed by atoms with Gasteiger partial charge in [0.05, 0.1) is 24.5 Å². The smallest absolute Gasteiger partial charge is 0.414 e. The molecule has 31 heavy (non-hydrogen) atoms. The number of nitrogens with one attached hydrogen (secondary N) is 1. The van der Waals surface area contributed by atoms with E-state index in [1.807, 2.05) is 16.8 Å². The summed E-state index contributed by atoms with van der Waals surface area (Å²) in [7, 11) is 1.77. The van der Waals surface area contributed by atoms with Crippen LogP contribution in [0.2, 0.25) is 0 Å². The van der Waals surface area contributed by atoms with Gasteiger partial charge in [-0.3, -0.25) is 19.5 Å². The van der Waals surface area contributed by atoms with Gasteiger partial charge in [-0.2, -0.15) is 0 Å². The standard InChI is InChI=1S/C21H30FN5O4/c1-4-25(10-11-26-9-5-6-20(29)24(26)3)19-8-7-16(12-18(19)22)27-14-17(31-21(27)30)13-23-15(2)28/h7-8,12,17H,4-6,9-11,13-14H2,1-3H3,(H,23,28)/t17-/m0/s1. The number of ether oxygens (including phenoxy) is 1. The topological polar surface area (TPSA) is 85.4 Å². The lowest BCUT2D eigenvalue weighted by Gasteiger charge is -2.37. The lowest BCUT2D eigenvalue weighted by atomic mass is 10.2. The van der Waals surface area contributed by atoms with Gasteiger partial charge in [-0.05, 0) is 31.5 Å². The van der Waals surface area contributed by atoms with E-state index >= 15 is 0 Å². The maximum atomic E-state index is 15.0. The molecule has 0 radical (unpaired) electrons. The van der Waals surface area contributed by atoms with Crippen LogP contribution >= 0.6 is 0 Å². The minimum absolute atomic E-state index is 0.0964. The van der Waals surface area contributed by atoms with E-state index in [2.05, 4.69) is 5.32 Å². The first-order valence-electron chi connectivity index (χ1n) is 10.6. The molecule has 0 bridgehead atoms. The molecule has 1 N–H and O–H groups in total. The molecule has 0 spiro atoms. The van der Waals surface area contributed by atoms with Crippen LogP contribution in [0.15, 0.2) is 18.2 Å². The predicted molar refractivity (Wildman–Crippen MR) is 114 cm³/mol. The van der Waals surface area contributed by atoms with Crippen LogP contribution in [0.3, 0.4) is 0 Å². The average Bonchev–Trinajstić information content (AvgIpc) is 3.11. The summed E-state index contributed by atoms with van der Waals surface area (Å²) in [6.07, 6.45) is 0.349. The molecule has 9 nitrogen and oxygen atoms in total. The molecule has 2 aliphatic rings. The second-order valence-electron chi connectivity index (χ2n) is 7.74. The number of hydrazine groups is 1. The molecule has 10 heteroatoms. The number of cyclic esters (lactones) is 1. The van der Waals surface area contributed by atoms with Gasteiger partial charge in [-0.1, -0.05) is 0 Å². The van der Waals surface area contributed by atoms with Crippen LogP contribution in [0, 0.1) is 5.82 Å². The van der Waals surface area contributed by atoms with Gasteiger partial charge >= 0.3 is 6.09 Å². The van der Waals surface area contributed by atoms with Crippen molar-refractivity contribution in [2.45, 2.75) is 32.8 Å². The van der Waals surface area contributed by atoms with Crippen LogP contribution in [0.1, 0.15) is 26.7 Å². The second-order valence-corrected chi connectivity index (χ2v) is 7.74. The highest BCUT2D eigenvalue weighted by atomic mass is 19.1. The van der Waals surface area contributed by atoms with Crippen molar-refractivity contribution in [2.24, 2.45) is 0 Å². The Balaban J connectivity index is 1.64. The van der Waals surface area contributed by atoms with E-state index < -0.39 is 18.0 Å². The highest BCUT2D eigenvalue weighted by Gasteiger charge is 2.33. The summed E-state index contributed by atoms with van der Waals surface area (Å²) in [4.78, 5) is 38.4. The lowest BCUT2D eigenvalue weighted by Crippen LogP contribution is -2.50. The Bertz CT molecular complexity index is 836. The third-order valence-electron chi connectivity index (χ3n) is 5.64. The number of likely N-dealkylation sites (N-methyl/N-ethyl adjacent to an activating group) is 1. The number of benzene rings is 1. The summed E-state index contributed by atoms with van der Waals surface area (Å²) >= 11 is 0. The van der Waals surface area contributed by atoms with Crippen LogP contribution in [0.4, 0.5) is 20.6 Å². The fourth-order valence-corrected chi connectivity index (χ4v) is 3.85. The minimum Gasteiger partial charge on any atom is -0.442 e. The van der Waals surface area contributed by atoms with Crippen molar-refractivity contribution in [1.82, 2.24) is 15.3 Å². The van der Waals surface area contributed by atoms with Gasteiger partial charge in [0.1, 0.15) is 11.9 Å². The molecule has 2 saturated heterocycles. The highest BCUT2D eigenvalue weighted by Crippen LogP contribution is 2.28. The first-order valence-corrected chi connectivity index (χ1v) is 10.6. The minimum atomic E-state index is -0.562. The van der Waals surface area contributed by atoms with Gasteiger partial charge in [0.2, 0.25) is 11.8 Å². The van der Waals surface area contributed by atoms with E-state index in [-0.39, 0.29) is 24.9 Å².